The Morgan fingerprint density at radius 2 is 1.97 bits per heavy atom. The van der Waals surface area contributed by atoms with Crippen molar-refractivity contribution in [2.45, 2.75) is 26.2 Å². The van der Waals surface area contributed by atoms with Crippen LogP contribution in [0.4, 0.5) is 0 Å². The summed E-state index contributed by atoms with van der Waals surface area (Å²) in [6.07, 6.45) is 3.26. The first-order valence-electron chi connectivity index (χ1n) is 9.54. The lowest BCUT2D eigenvalue weighted by molar-refractivity contribution is 0.324. The number of methoxy groups -OCH3 is 1. The molecule has 0 amide bonds. The molecule has 0 bridgehead atoms. The average molecular weight is 549 g/mol. The van der Waals surface area contributed by atoms with Crippen LogP contribution in [0.25, 0.3) is 10.9 Å². The van der Waals surface area contributed by atoms with Crippen molar-refractivity contribution in [1.29, 1.82) is 0 Å². The van der Waals surface area contributed by atoms with Crippen LogP contribution in [0.5, 0.6) is 11.5 Å². The van der Waals surface area contributed by atoms with Gasteiger partial charge in [0, 0.05) is 9.89 Å². The topological polar surface area (TPSA) is 65.7 Å². The van der Waals surface area contributed by atoms with Crippen molar-refractivity contribution in [3.8, 4) is 11.5 Å². The largest absolute Gasteiger partial charge is 0.493 e. The summed E-state index contributed by atoms with van der Waals surface area (Å²) < 4.78 is 14.0. The summed E-state index contributed by atoms with van der Waals surface area (Å²) >= 11 is 6.93. The van der Waals surface area contributed by atoms with E-state index >= 15 is 0 Å². The quantitative estimate of drug-likeness (QED) is 0.294. The Balaban J connectivity index is 2.14. The Morgan fingerprint density at radius 3 is 2.61 bits per heavy atom. The molecule has 162 valence electrons. The van der Waals surface area contributed by atoms with E-state index in [0.29, 0.717) is 39.3 Å². The van der Waals surface area contributed by atoms with E-state index in [4.69, 9.17) is 14.5 Å². The molecule has 0 saturated heterocycles. The van der Waals surface area contributed by atoms with Gasteiger partial charge in [-0.05, 0) is 51.8 Å². The normalized spacial score (nSPS) is 11.8. The molecule has 0 unspecified atom stereocenters. The van der Waals surface area contributed by atoms with Gasteiger partial charge in [0.2, 0.25) is 0 Å². The van der Waals surface area contributed by atoms with Crippen LogP contribution in [0.2, 0.25) is 0 Å². The molecular weight excluding hydrogens is 526 g/mol. The van der Waals surface area contributed by atoms with Gasteiger partial charge in [-0.1, -0.05) is 49.4 Å². The molecule has 3 rings (SSSR count). The summed E-state index contributed by atoms with van der Waals surface area (Å²) in [6.45, 7) is 10.0. The van der Waals surface area contributed by atoms with Gasteiger partial charge < -0.3 is 9.47 Å². The van der Waals surface area contributed by atoms with Gasteiger partial charge in [0.05, 0.1) is 28.7 Å². The van der Waals surface area contributed by atoms with Gasteiger partial charge in [-0.2, -0.15) is 9.78 Å². The second-order valence-electron chi connectivity index (χ2n) is 7.84. The molecule has 0 fully saturated rings. The van der Waals surface area contributed by atoms with Crippen molar-refractivity contribution in [3.05, 3.63) is 73.7 Å². The number of fused-ring (bicyclic) bond motifs is 1. The first kappa shape index (κ1) is 23.2. The lowest BCUT2D eigenvalue weighted by Crippen LogP contribution is -2.29. The van der Waals surface area contributed by atoms with Crippen LogP contribution in [0.3, 0.4) is 0 Å². The van der Waals surface area contributed by atoms with Crippen LogP contribution in [-0.4, -0.2) is 29.6 Å². The Bertz CT molecular complexity index is 1230. The van der Waals surface area contributed by atoms with Crippen molar-refractivity contribution in [2.75, 3.05) is 13.7 Å². The zero-order valence-electron chi connectivity index (χ0n) is 17.8. The molecule has 3 aromatic rings. The van der Waals surface area contributed by atoms with Crippen molar-refractivity contribution < 1.29 is 9.47 Å². The van der Waals surface area contributed by atoms with Gasteiger partial charge in [-0.3, -0.25) is 4.79 Å². The summed E-state index contributed by atoms with van der Waals surface area (Å²) in [5.41, 5.74) is 0.747. The first-order chi connectivity index (χ1) is 14.7. The van der Waals surface area contributed by atoms with Gasteiger partial charge in [0.25, 0.3) is 5.56 Å². The van der Waals surface area contributed by atoms with Crippen LogP contribution in [0.1, 0.15) is 32.2 Å². The van der Waals surface area contributed by atoms with E-state index in [1.54, 1.807) is 31.5 Å². The smallest absolute Gasteiger partial charge is 0.282 e. The molecule has 0 aliphatic heterocycles. The Morgan fingerprint density at radius 1 is 1.23 bits per heavy atom. The number of halogens is 2. The van der Waals surface area contributed by atoms with E-state index in [0.717, 1.165) is 10.0 Å². The fraction of sp³-hybridized carbons (Fsp3) is 0.261. The maximum absolute atomic E-state index is 13.3. The Hall–Kier alpha value is -2.45. The van der Waals surface area contributed by atoms with Crippen molar-refractivity contribution >= 4 is 49.0 Å². The lowest BCUT2D eigenvalue weighted by Gasteiger charge is -2.21. The van der Waals surface area contributed by atoms with E-state index in [2.05, 4.69) is 43.5 Å². The van der Waals surface area contributed by atoms with Crippen LogP contribution in [0, 0.1) is 0 Å². The zero-order valence-corrected chi connectivity index (χ0v) is 20.9. The molecule has 0 aliphatic carbocycles. The Kier molecular flexibility index (Phi) is 7.01. The third-order valence-electron chi connectivity index (χ3n) is 4.40. The molecule has 0 saturated carbocycles. The number of benzene rings is 2. The highest BCUT2D eigenvalue weighted by Crippen LogP contribution is 2.36. The van der Waals surface area contributed by atoms with Crippen molar-refractivity contribution in [1.82, 2.24) is 9.66 Å². The van der Waals surface area contributed by atoms with Crippen molar-refractivity contribution in [3.63, 3.8) is 0 Å². The molecular formula is C23H23Br2N3O3. The van der Waals surface area contributed by atoms with Gasteiger partial charge in [-0.25, -0.2) is 4.98 Å². The number of hydrogen-bond donors (Lipinski definition) is 0. The highest BCUT2D eigenvalue weighted by atomic mass is 79.9. The lowest BCUT2D eigenvalue weighted by atomic mass is 9.95. The second-order valence-corrected chi connectivity index (χ2v) is 9.61. The van der Waals surface area contributed by atoms with Crippen LogP contribution >= 0.6 is 31.9 Å². The standard InChI is InChI=1S/C23H23Br2N3O3/c1-6-9-31-20-17(25)10-14(11-19(20)30-5)13-26-28-21(29)16-12-15(24)7-8-18(16)27-22(28)23(2,3)4/h6-8,10-13H,1,9H2,2-5H3. The number of aromatic nitrogens is 2. The van der Waals surface area contributed by atoms with Crippen LogP contribution < -0.4 is 15.0 Å². The monoisotopic (exact) mass is 547 g/mol. The molecule has 6 nitrogen and oxygen atoms in total. The minimum atomic E-state index is -0.390. The van der Waals surface area contributed by atoms with Crippen LogP contribution in [0.15, 0.2) is 61.8 Å². The van der Waals surface area contributed by atoms with Gasteiger partial charge in [0.15, 0.2) is 11.5 Å². The maximum Gasteiger partial charge on any atom is 0.282 e. The molecule has 0 spiro atoms. The van der Waals surface area contributed by atoms with Crippen LogP contribution in [-0.2, 0) is 5.41 Å². The molecule has 0 aliphatic rings. The highest BCUT2D eigenvalue weighted by molar-refractivity contribution is 9.10. The molecule has 8 heteroatoms. The predicted octanol–water partition coefficient (Wildman–Crippen LogP) is 5.67. The van der Waals surface area contributed by atoms with E-state index in [1.807, 2.05) is 39.0 Å². The molecule has 1 aromatic heterocycles. The van der Waals surface area contributed by atoms with Gasteiger partial charge in [0.1, 0.15) is 12.4 Å². The molecule has 0 N–H and O–H groups in total. The molecule has 31 heavy (non-hydrogen) atoms. The fourth-order valence-electron chi connectivity index (χ4n) is 2.96. The third-order valence-corrected chi connectivity index (χ3v) is 5.48. The minimum absolute atomic E-state index is 0.232. The number of rotatable bonds is 6. The summed E-state index contributed by atoms with van der Waals surface area (Å²) in [4.78, 5) is 18.0. The van der Waals surface area contributed by atoms with Gasteiger partial charge >= 0.3 is 0 Å². The molecule has 2 aromatic carbocycles. The number of hydrogen-bond acceptors (Lipinski definition) is 5. The van der Waals surface area contributed by atoms with E-state index in [1.165, 1.54) is 4.68 Å². The number of nitrogens with zero attached hydrogens (tertiary/aromatic N) is 3. The van der Waals surface area contributed by atoms with Gasteiger partial charge in [-0.15, -0.1) is 0 Å². The summed E-state index contributed by atoms with van der Waals surface area (Å²) in [5, 5.41) is 4.99. The number of ether oxygens (including phenoxy) is 2. The maximum atomic E-state index is 13.3. The summed E-state index contributed by atoms with van der Waals surface area (Å²) in [6, 6.07) is 9.09. The molecule has 0 atom stereocenters. The van der Waals surface area contributed by atoms with Crippen molar-refractivity contribution in [2.24, 2.45) is 5.10 Å². The first-order valence-corrected chi connectivity index (χ1v) is 11.1. The summed E-state index contributed by atoms with van der Waals surface area (Å²) in [5.74, 6) is 1.69. The predicted molar refractivity (Wildman–Crippen MR) is 132 cm³/mol. The average Bonchev–Trinajstić information content (AvgIpc) is 2.71. The van der Waals surface area contributed by atoms with E-state index in [-0.39, 0.29) is 5.56 Å². The van der Waals surface area contributed by atoms with E-state index < -0.39 is 5.41 Å². The fourth-order valence-corrected chi connectivity index (χ4v) is 3.90. The SMILES string of the molecule is C=CCOc1c(Br)cc(C=Nn2c(C(C)(C)C)nc3ccc(Br)cc3c2=O)cc1OC. The van der Waals surface area contributed by atoms with E-state index in [9.17, 15) is 4.79 Å². The zero-order chi connectivity index (χ0) is 22.8. The minimum Gasteiger partial charge on any atom is -0.493 e. The Labute approximate surface area is 197 Å². The molecule has 1 heterocycles. The third kappa shape index (κ3) is 5.07. The summed E-state index contributed by atoms with van der Waals surface area (Å²) in [7, 11) is 1.57. The molecule has 0 radical (unpaired) electrons. The second kappa shape index (κ2) is 9.36. The highest BCUT2D eigenvalue weighted by Gasteiger charge is 2.23.